The summed E-state index contributed by atoms with van der Waals surface area (Å²) >= 11 is 0. The first kappa shape index (κ1) is 60.6. The molecule has 0 rings (SSSR count). The molecule has 0 aliphatic rings. The van der Waals surface area contributed by atoms with Crippen LogP contribution < -0.4 is 5.32 Å². The molecular weight excluding hydrogens is 767 g/mol. The summed E-state index contributed by atoms with van der Waals surface area (Å²) < 4.78 is 5.93. The van der Waals surface area contributed by atoms with Crippen molar-refractivity contribution in [1.82, 2.24) is 5.32 Å². The predicted molar refractivity (Wildman–Crippen MR) is 269 cm³/mol. The van der Waals surface area contributed by atoms with E-state index in [1.807, 2.05) is 0 Å². The molecule has 1 amide bonds. The van der Waals surface area contributed by atoms with Crippen molar-refractivity contribution in [2.24, 2.45) is 0 Å². The molecule has 3 unspecified atom stereocenters. The van der Waals surface area contributed by atoms with Gasteiger partial charge in [0.1, 0.15) is 6.10 Å². The van der Waals surface area contributed by atoms with Crippen LogP contribution in [-0.4, -0.2) is 46.9 Å². The third-order valence-corrected chi connectivity index (χ3v) is 13.1. The molecule has 0 aromatic rings. The molecule has 0 aromatic carbocycles. The summed E-state index contributed by atoms with van der Waals surface area (Å²) in [6, 6.07) is -0.697. The minimum Gasteiger partial charge on any atom is -0.462 e. The van der Waals surface area contributed by atoms with Crippen molar-refractivity contribution in [2.45, 2.75) is 328 Å². The van der Waals surface area contributed by atoms with Gasteiger partial charge in [0.2, 0.25) is 5.91 Å². The normalized spacial score (nSPS) is 13.2. The number of amides is 1. The number of aliphatic hydroxyl groups is 2. The summed E-state index contributed by atoms with van der Waals surface area (Å²) in [4.78, 5) is 26.1. The van der Waals surface area contributed by atoms with Crippen molar-refractivity contribution in [2.75, 3.05) is 6.61 Å². The average Bonchev–Trinajstić information content (AvgIpc) is 3.26. The highest BCUT2D eigenvalue weighted by molar-refractivity contribution is 5.77. The highest BCUT2D eigenvalue weighted by atomic mass is 16.5. The monoisotopic (exact) mass is 876 g/mol. The first-order chi connectivity index (χ1) is 30.5. The van der Waals surface area contributed by atoms with Crippen LogP contribution >= 0.6 is 0 Å². The van der Waals surface area contributed by atoms with Crippen molar-refractivity contribution < 1.29 is 24.5 Å². The van der Waals surface area contributed by atoms with Crippen molar-refractivity contribution >= 4 is 11.9 Å². The van der Waals surface area contributed by atoms with Crippen LogP contribution in [0.3, 0.4) is 0 Å². The zero-order chi connectivity index (χ0) is 45.2. The van der Waals surface area contributed by atoms with E-state index in [-0.39, 0.29) is 24.9 Å². The Bertz CT molecular complexity index is 939. The quantitative estimate of drug-likeness (QED) is 0.0321. The Morgan fingerprint density at radius 2 is 0.774 bits per heavy atom. The molecule has 0 fully saturated rings. The lowest BCUT2D eigenvalue weighted by atomic mass is 10.0. The Hall–Kier alpha value is -1.40. The maximum absolute atomic E-state index is 13.2. The van der Waals surface area contributed by atoms with Crippen LogP contribution in [-0.2, 0) is 14.3 Å². The number of carbonyl (C=O) groups excluding carboxylic acids is 2. The molecule has 368 valence electrons. The lowest BCUT2D eigenvalue weighted by molar-refractivity contribution is -0.151. The second-order valence-electron chi connectivity index (χ2n) is 19.3. The third-order valence-electron chi connectivity index (χ3n) is 13.1. The van der Waals surface area contributed by atoms with Gasteiger partial charge < -0.3 is 20.3 Å². The lowest BCUT2D eigenvalue weighted by Crippen LogP contribution is -2.46. The van der Waals surface area contributed by atoms with Crippen molar-refractivity contribution in [1.29, 1.82) is 0 Å². The van der Waals surface area contributed by atoms with E-state index in [1.165, 1.54) is 212 Å². The van der Waals surface area contributed by atoms with E-state index in [9.17, 15) is 19.8 Å². The molecule has 3 atom stereocenters. The van der Waals surface area contributed by atoms with Gasteiger partial charge in [-0.2, -0.15) is 0 Å². The molecule has 0 aliphatic carbocycles. The van der Waals surface area contributed by atoms with Crippen LogP contribution in [0.4, 0.5) is 0 Å². The second-order valence-corrected chi connectivity index (χ2v) is 19.3. The molecule has 0 aliphatic heterocycles. The SMILES string of the molecule is CCCCCCCC/C=C/CCCCCCCCCC(CC(=O)NC(CO)C(O)CCCCCCCCCCCCCCCCCCC)OC(=O)CCCCCCCCCCC. The van der Waals surface area contributed by atoms with E-state index < -0.39 is 18.2 Å². The van der Waals surface area contributed by atoms with Gasteiger partial charge in [-0.05, 0) is 51.4 Å². The van der Waals surface area contributed by atoms with Gasteiger partial charge in [0.25, 0.3) is 0 Å². The van der Waals surface area contributed by atoms with E-state index in [4.69, 9.17) is 4.74 Å². The van der Waals surface area contributed by atoms with Gasteiger partial charge in [-0.25, -0.2) is 0 Å². The first-order valence-corrected chi connectivity index (χ1v) is 27.9. The molecule has 6 heteroatoms. The fourth-order valence-electron chi connectivity index (χ4n) is 8.84. The summed E-state index contributed by atoms with van der Waals surface area (Å²) in [7, 11) is 0. The fourth-order valence-corrected chi connectivity index (χ4v) is 8.84. The van der Waals surface area contributed by atoms with Crippen LogP contribution in [0.25, 0.3) is 0 Å². The van der Waals surface area contributed by atoms with Gasteiger partial charge in [-0.15, -0.1) is 0 Å². The molecule has 0 heterocycles. The van der Waals surface area contributed by atoms with Gasteiger partial charge >= 0.3 is 5.97 Å². The minimum absolute atomic E-state index is 0.0816. The second kappa shape index (κ2) is 50.6. The number of rotatable bonds is 51. The Labute approximate surface area is 387 Å². The number of nitrogens with one attached hydrogen (secondary N) is 1. The van der Waals surface area contributed by atoms with Crippen molar-refractivity contribution in [3.05, 3.63) is 12.2 Å². The first-order valence-electron chi connectivity index (χ1n) is 27.9. The number of unbranched alkanes of at least 4 members (excludes halogenated alkanes) is 37. The number of aliphatic hydroxyl groups excluding tert-OH is 2. The zero-order valence-corrected chi connectivity index (χ0v) is 42.0. The van der Waals surface area contributed by atoms with Gasteiger partial charge in [0.15, 0.2) is 0 Å². The van der Waals surface area contributed by atoms with Crippen molar-refractivity contribution in [3.8, 4) is 0 Å². The number of ether oxygens (including phenoxy) is 1. The summed E-state index contributed by atoms with van der Waals surface area (Å²) in [5.74, 6) is -0.461. The number of allylic oxidation sites excluding steroid dienone is 2. The van der Waals surface area contributed by atoms with Crippen LogP contribution in [0, 0.1) is 0 Å². The largest absolute Gasteiger partial charge is 0.462 e. The molecule has 0 saturated heterocycles. The highest BCUT2D eigenvalue weighted by Gasteiger charge is 2.24. The number of esters is 1. The van der Waals surface area contributed by atoms with Gasteiger partial charge in [-0.3, -0.25) is 9.59 Å². The Kier molecular flexibility index (Phi) is 49.5. The van der Waals surface area contributed by atoms with E-state index in [2.05, 4.69) is 38.2 Å². The van der Waals surface area contributed by atoms with Gasteiger partial charge in [0, 0.05) is 6.42 Å². The average molecular weight is 876 g/mol. The molecule has 6 nitrogen and oxygen atoms in total. The van der Waals surface area contributed by atoms with Crippen LogP contribution in [0.2, 0.25) is 0 Å². The number of hydrogen-bond donors (Lipinski definition) is 3. The molecule has 0 saturated carbocycles. The molecule has 0 radical (unpaired) electrons. The highest BCUT2D eigenvalue weighted by Crippen LogP contribution is 2.19. The number of hydrogen-bond acceptors (Lipinski definition) is 5. The molecule has 3 N–H and O–H groups in total. The summed E-state index contributed by atoms with van der Waals surface area (Å²) in [6.45, 7) is 6.50. The van der Waals surface area contributed by atoms with E-state index >= 15 is 0 Å². The Balaban J connectivity index is 4.43. The Morgan fingerprint density at radius 1 is 0.452 bits per heavy atom. The lowest BCUT2D eigenvalue weighted by Gasteiger charge is -2.24. The maximum Gasteiger partial charge on any atom is 0.306 e. The molecule has 62 heavy (non-hydrogen) atoms. The Morgan fingerprint density at radius 3 is 1.15 bits per heavy atom. The van der Waals surface area contributed by atoms with E-state index in [1.54, 1.807) is 0 Å². The predicted octanol–water partition coefficient (Wildman–Crippen LogP) is 16.9. The molecular formula is C56H109NO5. The van der Waals surface area contributed by atoms with Crippen LogP contribution in [0.1, 0.15) is 310 Å². The smallest absolute Gasteiger partial charge is 0.306 e. The van der Waals surface area contributed by atoms with E-state index in [0.717, 1.165) is 51.4 Å². The summed E-state index contributed by atoms with van der Waals surface area (Å²) in [5.41, 5.74) is 0. The zero-order valence-electron chi connectivity index (χ0n) is 42.0. The topological polar surface area (TPSA) is 95.9 Å². The molecule has 0 aromatic heterocycles. The third kappa shape index (κ3) is 45.2. The fraction of sp³-hybridized carbons (Fsp3) is 0.929. The van der Waals surface area contributed by atoms with Crippen molar-refractivity contribution in [3.63, 3.8) is 0 Å². The van der Waals surface area contributed by atoms with Gasteiger partial charge in [0.05, 0.1) is 25.2 Å². The van der Waals surface area contributed by atoms with Crippen LogP contribution in [0.15, 0.2) is 12.2 Å². The summed E-state index contributed by atoms with van der Waals surface area (Å²) in [6.07, 6.45) is 57.1. The molecule has 0 spiro atoms. The van der Waals surface area contributed by atoms with Gasteiger partial charge in [-0.1, -0.05) is 258 Å². The van der Waals surface area contributed by atoms with Crippen LogP contribution in [0.5, 0.6) is 0 Å². The van der Waals surface area contributed by atoms with E-state index in [0.29, 0.717) is 19.3 Å². The minimum atomic E-state index is -0.783. The standard InChI is InChI=1S/C56H109NO5/c1-4-7-10-13-16-19-21-23-25-27-29-31-33-36-38-41-44-47-52(62-56(61)49-46-43-40-35-18-15-12-9-6-3)50-55(60)57-53(51-58)54(59)48-45-42-39-37-34-32-30-28-26-24-22-20-17-14-11-8-5-2/h23,25,52-54,58-59H,4-22,24,26-51H2,1-3H3,(H,57,60)/b25-23+. The summed E-state index contributed by atoms with van der Waals surface area (Å²) in [5, 5.41) is 23.8. The number of carbonyl (C=O) groups is 2. The maximum atomic E-state index is 13.2. The molecule has 0 bridgehead atoms.